The molecule has 0 spiro atoms. The summed E-state index contributed by atoms with van der Waals surface area (Å²) in [7, 11) is 1.86. The molecule has 0 radical (unpaired) electrons. The molecule has 114 valence electrons. The topological polar surface area (TPSA) is 56.6 Å². The maximum Gasteiger partial charge on any atom is 0.247 e. The minimum atomic E-state index is -0.263. The molecule has 2 aliphatic heterocycles. The van der Waals surface area contributed by atoms with E-state index >= 15 is 0 Å². The molecule has 3 rings (SSSR count). The quantitative estimate of drug-likeness (QED) is 0.785. The van der Waals surface area contributed by atoms with Crippen LogP contribution in [0.15, 0.2) is 18.5 Å². The zero-order valence-corrected chi connectivity index (χ0v) is 12.3. The van der Waals surface area contributed by atoms with E-state index in [2.05, 4.69) is 5.10 Å². The first kappa shape index (κ1) is 14.3. The number of hydrogen-bond acceptors (Lipinski definition) is 4. The molecule has 0 bridgehead atoms. The second kappa shape index (κ2) is 6.41. The molecule has 3 heterocycles. The number of likely N-dealkylation sites (tertiary alicyclic amines) is 1. The Morgan fingerprint density at radius 1 is 1.38 bits per heavy atom. The van der Waals surface area contributed by atoms with Crippen molar-refractivity contribution in [2.45, 2.75) is 31.6 Å². The first-order valence-corrected chi connectivity index (χ1v) is 7.44. The van der Waals surface area contributed by atoms with E-state index in [1.807, 2.05) is 18.1 Å². The predicted molar refractivity (Wildman–Crippen MR) is 77.3 cm³/mol. The number of aromatic nitrogens is 2. The van der Waals surface area contributed by atoms with Gasteiger partial charge in [0, 0.05) is 31.4 Å². The smallest absolute Gasteiger partial charge is 0.247 e. The highest BCUT2D eigenvalue weighted by atomic mass is 16.7. The third-order valence-electron chi connectivity index (χ3n) is 3.94. The molecule has 2 fully saturated rings. The van der Waals surface area contributed by atoms with Crippen molar-refractivity contribution in [3.8, 4) is 0 Å². The molecule has 2 saturated heterocycles. The summed E-state index contributed by atoms with van der Waals surface area (Å²) in [6.07, 6.45) is 9.86. The van der Waals surface area contributed by atoms with E-state index in [0.29, 0.717) is 13.2 Å². The van der Waals surface area contributed by atoms with Crippen molar-refractivity contribution >= 4 is 12.0 Å². The lowest BCUT2D eigenvalue weighted by Crippen LogP contribution is -2.49. The highest BCUT2D eigenvalue weighted by Gasteiger charge is 2.35. The van der Waals surface area contributed by atoms with Crippen LogP contribution in [0, 0.1) is 0 Å². The van der Waals surface area contributed by atoms with Gasteiger partial charge < -0.3 is 14.4 Å². The van der Waals surface area contributed by atoms with Crippen LogP contribution in [0.2, 0.25) is 0 Å². The molecule has 21 heavy (non-hydrogen) atoms. The number of ether oxygens (including phenoxy) is 2. The number of amides is 1. The summed E-state index contributed by atoms with van der Waals surface area (Å²) in [6.45, 7) is 2.01. The summed E-state index contributed by atoms with van der Waals surface area (Å²) in [5.74, 6) is 0.0163. The third-order valence-corrected chi connectivity index (χ3v) is 3.94. The van der Waals surface area contributed by atoms with E-state index < -0.39 is 0 Å². The zero-order chi connectivity index (χ0) is 14.7. The van der Waals surface area contributed by atoms with Gasteiger partial charge in [-0.1, -0.05) is 0 Å². The van der Waals surface area contributed by atoms with E-state index in [1.165, 1.54) is 0 Å². The van der Waals surface area contributed by atoms with Crippen LogP contribution in [-0.2, 0) is 21.3 Å². The van der Waals surface area contributed by atoms with Crippen LogP contribution in [0.5, 0.6) is 0 Å². The van der Waals surface area contributed by atoms with Gasteiger partial charge >= 0.3 is 0 Å². The van der Waals surface area contributed by atoms with Crippen LogP contribution in [0.1, 0.15) is 24.8 Å². The van der Waals surface area contributed by atoms with E-state index in [4.69, 9.17) is 9.47 Å². The molecule has 0 aromatic carbocycles. The average Bonchev–Trinajstić information content (AvgIpc) is 3.16. The van der Waals surface area contributed by atoms with E-state index in [-0.39, 0.29) is 18.2 Å². The van der Waals surface area contributed by atoms with Gasteiger partial charge in [0.05, 0.1) is 25.5 Å². The van der Waals surface area contributed by atoms with Crippen molar-refractivity contribution in [2.75, 3.05) is 19.8 Å². The van der Waals surface area contributed by atoms with Crippen molar-refractivity contribution < 1.29 is 14.3 Å². The van der Waals surface area contributed by atoms with Gasteiger partial charge in [0.2, 0.25) is 5.91 Å². The zero-order valence-electron chi connectivity index (χ0n) is 12.3. The third kappa shape index (κ3) is 3.33. The van der Waals surface area contributed by atoms with Gasteiger partial charge in [-0.2, -0.15) is 5.10 Å². The monoisotopic (exact) mass is 291 g/mol. The Balaban J connectivity index is 1.67. The number of hydrogen-bond donors (Lipinski definition) is 0. The van der Waals surface area contributed by atoms with Gasteiger partial charge in [-0.25, -0.2) is 0 Å². The highest BCUT2D eigenvalue weighted by molar-refractivity contribution is 5.92. The minimum Gasteiger partial charge on any atom is -0.348 e. The van der Waals surface area contributed by atoms with Gasteiger partial charge in [-0.05, 0) is 25.3 Å². The molecule has 1 aromatic rings. The molecule has 0 aliphatic carbocycles. The molecule has 0 saturated carbocycles. The molecular formula is C15H21N3O3. The van der Waals surface area contributed by atoms with Crippen molar-refractivity contribution in [3.05, 3.63) is 24.0 Å². The lowest BCUT2D eigenvalue weighted by Gasteiger charge is -2.37. The summed E-state index contributed by atoms with van der Waals surface area (Å²) in [5, 5.41) is 4.09. The van der Waals surface area contributed by atoms with E-state index in [0.717, 1.165) is 31.4 Å². The van der Waals surface area contributed by atoms with Gasteiger partial charge in [-0.15, -0.1) is 0 Å². The van der Waals surface area contributed by atoms with Gasteiger partial charge in [0.25, 0.3) is 0 Å². The molecule has 1 atom stereocenters. The summed E-state index contributed by atoms with van der Waals surface area (Å²) < 4.78 is 12.9. The molecule has 2 aliphatic rings. The first-order valence-electron chi connectivity index (χ1n) is 7.44. The van der Waals surface area contributed by atoms with Crippen LogP contribution < -0.4 is 0 Å². The van der Waals surface area contributed by atoms with Crippen molar-refractivity contribution in [1.29, 1.82) is 0 Å². The molecule has 6 nitrogen and oxygen atoms in total. The Bertz CT molecular complexity index is 520. The summed E-state index contributed by atoms with van der Waals surface area (Å²) in [4.78, 5) is 14.3. The maximum atomic E-state index is 12.4. The SMILES string of the molecule is Cn1cc(/C=C/C(=O)N2CCCCC2C2OCCO2)cn1. The Kier molecular flexibility index (Phi) is 4.36. The Morgan fingerprint density at radius 2 is 2.19 bits per heavy atom. The minimum absolute atomic E-state index is 0.0163. The normalized spacial score (nSPS) is 24.0. The number of carbonyl (C=O) groups excluding carboxylic acids is 1. The molecular weight excluding hydrogens is 270 g/mol. The molecule has 1 aromatic heterocycles. The lowest BCUT2D eigenvalue weighted by atomic mass is 10.0. The van der Waals surface area contributed by atoms with E-state index in [9.17, 15) is 4.79 Å². The Hall–Kier alpha value is -1.66. The van der Waals surface area contributed by atoms with Crippen LogP contribution in [0.4, 0.5) is 0 Å². The number of nitrogens with zero attached hydrogens (tertiary/aromatic N) is 3. The van der Waals surface area contributed by atoms with Crippen molar-refractivity contribution in [1.82, 2.24) is 14.7 Å². The van der Waals surface area contributed by atoms with Gasteiger partial charge in [0.1, 0.15) is 0 Å². The molecule has 0 N–H and O–H groups in total. The van der Waals surface area contributed by atoms with E-state index in [1.54, 1.807) is 23.0 Å². The second-order valence-corrected chi connectivity index (χ2v) is 5.49. The Labute approximate surface area is 124 Å². The first-order chi connectivity index (χ1) is 10.2. The number of piperidine rings is 1. The standard InChI is InChI=1S/C15H21N3O3/c1-17-11-12(10-16-17)5-6-14(19)18-7-3-2-4-13(18)15-20-8-9-21-15/h5-6,10-11,13,15H,2-4,7-9H2,1H3/b6-5+. The molecule has 1 amide bonds. The second-order valence-electron chi connectivity index (χ2n) is 5.49. The lowest BCUT2D eigenvalue weighted by molar-refractivity contribution is -0.145. The fraction of sp³-hybridized carbons (Fsp3) is 0.600. The number of rotatable bonds is 3. The van der Waals surface area contributed by atoms with Crippen molar-refractivity contribution in [2.24, 2.45) is 7.05 Å². The Morgan fingerprint density at radius 3 is 2.90 bits per heavy atom. The molecule has 1 unspecified atom stereocenters. The average molecular weight is 291 g/mol. The summed E-state index contributed by atoms with van der Waals surface area (Å²) in [6, 6.07) is 0.0345. The van der Waals surface area contributed by atoms with Crippen LogP contribution in [0.25, 0.3) is 6.08 Å². The fourth-order valence-corrected chi connectivity index (χ4v) is 2.90. The largest absolute Gasteiger partial charge is 0.348 e. The van der Waals surface area contributed by atoms with Crippen LogP contribution in [0.3, 0.4) is 0 Å². The molecule has 6 heteroatoms. The summed E-state index contributed by atoms with van der Waals surface area (Å²) >= 11 is 0. The summed E-state index contributed by atoms with van der Waals surface area (Å²) in [5.41, 5.74) is 0.924. The highest BCUT2D eigenvalue weighted by Crippen LogP contribution is 2.24. The van der Waals surface area contributed by atoms with Gasteiger partial charge in [0.15, 0.2) is 6.29 Å². The fourth-order valence-electron chi connectivity index (χ4n) is 2.90. The number of aryl methyl sites for hydroxylation is 1. The van der Waals surface area contributed by atoms with Crippen molar-refractivity contribution in [3.63, 3.8) is 0 Å². The van der Waals surface area contributed by atoms with Crippen LogP contribution in [-0.4, -0.2) is 52.7 Å². The predicted octanol–water partition coefficient (Wildman–Crippen LogP) is 1.19. The van der Waals surface area contributed by atoms with Gasteiger partial charge in [-0.3, -0.25) is 9.48 Å². The van der Waals surface area contributed by atoms with Crippen LogP contribution >= 0.6 is 0 Å². The maximum absolute atomic E-state index is 12.4. The number of carbonyl (C=O) groups is 1.